The van der Waals surface area contributed by atoms with Gasteiger partial charge in [-0.25, -0.2) is 4.98 Å². The molecule has 0 saturated heterocycles. The molecule has 1 heterocycles. The Labute approximate surface area is 200 Å². The number of carbonyl (C=O) groups excluding carboxylic acids is 1. The van der Waals surface area contributed by atoms with Crippen LogP contribution < -0.4 is 20.1 Å². The van der Waals surface area contributed by atoms with Gasteiger partial charge in [-0.05, 0) is 49.6 Å². The third-order valence-electron chi connectivity index (χ3n) is 4.53. The number of allylic oxidation sites excluding steroid dienone is 1. The highest BCUT2D eigenvalue weighted by Gasteiger charge is 2.09. The first-order valence-corrected chi connectivity index (χ1v) is 11.0. The summed E-state index contributed by atoms with van der Waals surface area (Å²) in [5.41, 5.74) is 2.15. The Balaban J connectivity index is 1.69. The highest BCUT2D eigenvalue weighted by Crippen LogP contribution is 2.27. The van der Waals surface area contributed by atoms with E-state index in [2.05, 4.69) is 40.4 Å². The third-order valence-corrected chi connectivity index (χ3v) is 4.53. The van der Waals surface area contributed by atoms with Crippen LogP contribution in [0.5, 0.6) is 17.4 Å². The van der Waals surface area contributed by atoms with E-state index in [0.717, 1.165) is 17.7 Å². The zero-order valence-corrected chi connectivity index (χ0v) is 19.5. The Morgan fingerprint density at radius 2 is 1.88 bits per heavy atom. The predicted molar refractivity (Wildman–Crippen MR) is 135 cm³/mol. The first-order chi connectivity index (χ1) is 16.4. The highest BCUT2D eigenvalue weighted by molar-refractivity contribution is 5.99. The number of aromatic nitrogens is 2. The molecule has 3 aromatic rings. The summed E-state index contributed by atoms with van der Waals surface area (Å²) >= 11 is 0. The quantitative estimate of drug-likeness (QED) is 0.293. The van der Waals surface area contributed by atoms with Gasteiger partial charge < -0.3 is 20.1 Å². The summed E-state index contributed by atoms with van der Waals surface area (Å²) in [6.07, 6.45) is 11.2. The van der Waals surface area contributed by atoms with E-state index in [-0.39, 0.29) is 12.5 Å². The van der Waals surface area contributed by atoms with Crippen LogP contribution >= 0.6 is 0 Å². The highest BCUT2D eigenvalue weighted by atomic mass is 16.5. The van der Waals surface area contributed by atoms with Gasteiger partial charge in [0.15, 0.2) is 0 Å². The van der Waals surface area contributed by atoms with Gasteiger partial charge >= 0.3 is 0 Å². The summed E-state index contributed by atoms with van der Waals surface area (Å²) in [6.45, 7) is 6.26. The molecular formula is C27H28N4O3. The lowest BCUT2D eigenvalue weighted by Gasteiger charge is -2.12. The van der Waals surface area contributed by atoms with E-state index >= 15 is 0 Å². The Morgan fingerprint density at radius 1 is 1.15 bits per heavy atom. The molecule has 0 fully saturated rings. The van der Waals surface area contributed by atoms with E-state index in [9.17, 15) is 4.79 Å². The molecule has 7 heteroatoms. The van der Waals surface area contributed by atoms with Crippen LogP contribution in [0.1, 0.15) is 25.8 Å². The minimum atomic E-state index is -0.184. The summed E-state index contributed by atoms with van der Waals surface area (Å²) in [6, 6.07) is 14.5. The van der Waals surface area contributed by atoms with Crippen molar-refractivity contribution >= 4 is 23.2 Å². The molecule has 2 N–H and O–H groups in total. The smallest absolute Gasteiger partial charge is 0.248 e. The van der Waals surface area contributed by atoms with Gasteiger partial charge in [-0.1, -0.05) is 38.0 Å². The number of nitrogens with one attached hydrogen (secondary N) is 2. The second-order valence-corrected chi connectivity index (χ2v) is 7.98. The second-order valence-electron chi connectivity index (χ2n) is 7.98. The molecule has 1 aromatic heterocycles. The van der Waals surface area contributed by atoms with Crippen molar-refractivity contribution in [2.75, 3.05) is 17.2 Å². The van der Waals surface area contributed by atoms with Crippen molar-refractivity contribution in [2.45, 2.75) is 27.2 Å². The molecule has 0 aliphatic heterocycles. The summed E-state index contributed by atoms with van der Waals surface area (Å²) < 4.78 is 11.4. The van der Waals surface area contributed by atoms with Crippen LogP contribution in [-0.4, -0.2) is 22.5 Å². The molecule has 0 atom stereocenters. The number of hydrogen-bond acceptors (Lipinski definition) is 6. The first kappa shape index (κ1) is 24.3. The van der Waals surface area contributed by atoms with Gasteiger partial charge in [0.1, 0.15) is 18.1 Å². The maximum Gasteiger partial charge on any atom is 0.248 e. The summed E-state index contributed by atoms with van der Waals surface area (Å²) in [5.74, 6) is 4.71. The summed E-state index contributed by atoms with van der Waals surface area (Å²) in [5, 5.41) is 5.99. The van der Waals surface area contributed by atoms with Crippen molar-refractivity contribution in [3.63, 3.8) is 0 Å². The zero-order chi connectivity index (χ0) is 24.3. The molecule has 34 heavy (non-hydrogen) atoms. The number of aryl methyl sites for hydroxylation is 1. The molecule has 0 saturated carbocycles. The molecule has 0 aliphatic carbocycles. The number of amides is 1. The molecule has 0 aliphatic rings. The van der Waals surface area contributed by atoms with Crippen LogP contribution in [-0.2, 0) is 4.79 Å². The standard InChI is InChI=1S/C27H28N4O3/c1-5-15-33-23-12-7-11-22(16-23)30-27-28-18-20(4)26(31-27)34-24-13-8-10-21(17-24)29-25(32)14-6-9-19(2)3/h1,6-8,10-14,16-19H,9,15H2,2-4H3,(H,29,32)(H,28,30,31)/b14-6+. The van der Waals surface area contributed by atoms with Crippen molar-refractivity contribution < 1.29 is 14.3 Å². The van der Waals surface area contributed by atoms with Gasteiger partial charge in [-0.15, -0.1) is 6.42 Å². The Morgan fingerprint density at radius 3 is 2.65 bits per heavy atom. The molecule has 174 valence electrons. The number of carbonyl (C=O) groups is 1. The fourth-order valence-electron chi connectivity index (χ4n) is 2.89. The minimum absolute atomic E-state index is 0.184. The molecule has 0 spiro atoms. The van der Waals surface area contributed by atoms with Crippen LogP contribution in [0.3, 0.4) is 0 Å². The van der Waals surface area contributed by atoms with Gasteiger partial charge in [0.25, 0.3) is 0 Å². The van der Waals surface area contributed by atoms with Crippen molar-refractivity contribution in [3.05, 3.63) is 72.4 Å². The Kier molecular flexibility index (Phi) is 8.64. The van der Waals surface area contributed by atoms with Crippen molar-refractivity contribution in [1.82, 2.24) is 9.97 Å². The molecular weight excluding hydrogens is 428 g/mol. The second kappa shape index (κ2) is 12.1. The number of nitrogens with zero attached hydrogens (tertiary/aromatic N) is 2. The average molecular weight is 457 g/mol. The number of terminal acetylenes is 1. The zero-order valence-electron chi connectivity index (χ0n) is 19.5. The van der Waals surface area contributed by atoms with Gasteiger partial charge in [-0.3, -0.25) is 4.79 Å². The lowest BCUT2D eigenvalue weighted by atomic mass is 10.1. The first-order valence-electron chi connectivity index (χ1n) is 11.0. The van der Waals surface area contributed by atoms with Gasteiger partial charge in [0.05, 0.1) is 0 Å². The molecule has 3 rings (SSSR count). The van der Waals surface area contributed by atoms with Crippen LogP contribution in [0.4, 0.5) is 17.3 Å². The molecule has 0 radical (unpaired) electrons. The van der Waals surface area contributed by atoms with Crippen LogP contribution in [0.15, 0.2) is 66.9 Å². The Hall–Kier alpha value is -4.31. The van der Waals surface area contributed by atoms with E-state index in [1.54, 1.807) is 36.5 Å². The molecule has 1 amide bonds. The largest absolute Gasteiger partial charge is 0.481 e. The number of hydrogen-bond donors (Lipinski definition) is 2. The van der Waals surface area contributed by atoms with E-state index in [1.165, 1.54) is 0 Å². The summed E-state index contributed by atoms with van der Waals surface area (Å²) in [7, 11) is 0. The lowest BCUT2D eigenvalue weighted by molar-refractivity contribution is -0.111. The Bertz CT molecular complexity index is 1200. The number of rotatable bonds is 10. The van der Waals surface area contributed by atoms with Crippen molar-refractivity contribution in [2.24, 2.45) is 5.92 Å². The lowest BCUT2D eigenvalue weighted by Crippen LogP contribution is -2.08. The minimum Gasteiger partial charge on any atom is -0.481 e. The normalized spacial score (nSPS) is 10.7. The van der Waals surface area contributed by atoms with Gasteiger partial charge in [0, 0.05) is 35.3 Å². The third kappa shape index (κ3) is 7.68. The van der Waals surface area contributed by atoms with Crippen LogP contribution in [0, 0.1) is 25.2 Å². The van der Waals surface area contributed by atoms with Crippen LogP contribution in [0.25, 0.3) is 0 Å². The maximum atomic E-state index is 12.1. The van der Waals surface area contributed by atoms with Crippen molar-refractivity contribution in [3.8, 4) is 29.7 Å². The number of ether oxygens (including phenoxy) is 2. The molecule has 7 nitrogen and oxygen atoms in total. The summed E-state index contributed by atoms with van der Waals surface area (Å²) in [4.78, 5) is 20.9. The van der Waals surface area contributed by atoms with Gasteiger partial charge in [0.2, 0.25) is 17.7 Å². The monoisotopic (exact) mass is 456 g/mol. The SMILES string of the molecule is C#CCOc1cccc(Nc2ncc(C)c(Oc3cccc(NC(=O)/C=C/CC(C)C)c3)n2)c1. The fourth-order valence-corrected chi connectivity index (χ4v) is 2.89. The topological polar surface area (TPSA) is 85.4 Å². The van der Waals surface area contributed by atoms with E-state index in [1.807, 2.05) is 37.3 Å². The van der Waals surface area contributed by atoms with Gasteiger partial charge in [-0.2, -0.15) is 4.98 Å². The van der Waals surface area contributed by atoms with Crippen molar-refractivity contribution in [1.29, 1.82) is 0 Å². The van der Waals surface area contributed by atoms with E-state index in [0.29, 0.717) is 34.9 Å². The van der Waals surface area contributed by atoms with E-state index in [4.69, 9.17) is 15.9 Å². The molecule has 2 aromatic carbocycles. The van der Waals surface area contributed by atoms with E-state index < -0.39 is 0 Å². The number of benzene rings is 2. The predicted octanol–water partition coefficient (Wildman–Crippen LogP) is 5.87. The molecule has 0 bridgehead atoms. The van der Waals surface area contributed by atoms with Crippen LogP contribution in [0.2, 0.25) is 0 Å². The fraction of sp³-hybridized carbons (Fsp3) is 0.222. The molecule has 0 unspecified atom stereocenters. The maximum absolute atomic E-state index is 12.1. The average Bonchev–Trinajstić information content (AvgIpc) is 2.80. The number of anilines is 3.